The topological polar surface area (TPSA) is 79.7 Å². The first-order valence-corrected chi connectivity index (χ1v) is 12.5. The number of tetrazole rings is 1. The first-order valence-electron chi connectivity index (χ1n) is 12.5. The molecule has 3 aromatic carbocycles. The molecule has 37 heavy (non-hydrogen) atoms. The third-order valence-electron chi connectivity index (χ3n) is 7.38. The van der Waals surface area contributed by atoms with Gasteiger partial charge in [-0.15, -0.1) is 5.10 Å². The van der Waals surface area contributed by atoms with Gasteiger partial charge in [0.2, 0.25) is 0 Å². The molecular formula is C29H27FN6O. The lowest BCUT2D eigenvalue weighted by Crippen LogP contribution is -2.38. The molecule has 1 atom stereocenters. The van der Waals surface area contributed by atoms with Gasteiger partial charge in [0.15, 0.2) is 5.82 Å². The smallest absolute Gasteiger partial charge is 0.254 e. The van der Waals surface area contributed by atoms with E-state index in [2.05, 4.69) is 43.6 Å². The Bertz CT molecular complexity index is 1660. The third-order valence-corrected chi connectivity index (χ3v) is 7.38. The second-order valence-corrected chi connectivity index (χ2v) is 9.67. The number of para-hydroxylation sites is 1. The van der Waals surface area contributed by atoms with Gasteiger partial charge in [-0.2, -0.15) is 0 Å². The van der Waals surface area contributed by atoms with Gasteiger partial charge in [-0.25, -0.2) is 9.07 Å². The first kappa shape index (κ1) is 23.1. The molecule has 0 amide bonds. The number of pyridine rings is 1. The highest BCUT2D eigenvalue weighted by Gasteiger charge is 2.33. The van der Waals surface area contributed by atoms with Gasteiger partial charge in [0.1, 0.15) is 11.9 Å². The summed E-state index contributed by atoms with van der Waals surface area (Å²) in [5.41, 5.74) is 6.63. The average molecular weight is 495 g/mol. The quantitative estimate of drug-likeness (QED) is 0.377. The van der Waals surface area contributed by atoms with Crippen molar-refractivity contribution in [3.05, 3.63) is 117 Å². The number of nitrogens with zero attached hydrogens (tertiary/aromatic N) is 5. The number of aryl methyl sites for hydroxylation is 3. The summed E-state index contributed by atoms with van der Waals surface area (Å²) in [6, 6.07) is 20.2. The molecule has 8 heteroatoms. The largest absolute Gasteiger partial charge is 0.357 e. The minimum atomic E-state index is -0.508. The van der Waals surface area contributed by atoms with Gasteiger partial charge in [-0.1, -0.05) is 42.5 Å². The standard InChI is InChI=1S/C29H27FN6O/c1-18-9-12-22-16-24(29(37)31-26(22)19(18)2)27(35-15-5-7-21-6-3-4-8-25(21)35)28-32-33-34-36(28)17-20-10-13-23(30)14-11-20/h3-4,6,8-14,16,27H,5,7,15,17H2,1-2H3,(H,31,37)/t27-/m0/s1. The maximum atomic E-state index is 13.7. The molecule has 1 N–H and O–H groups in total. The number of aromatic nitrogens is 5. The zero-order valence-electron chi connectivity index (χ0n) is 20.8. The number of hydrogen-bond donors (Lipinski definition) is 1. The van der Waals surface area contributed by atoms with Crippen molar-refractivity contribution in [2.45, 2.75) is 39.3 Å². The number of benzene rings is 3. The van der Waals surface area contributed by atoms with Crippen LogP contribution in [0, 0.1) is 19.7 Å². The minimum absolute atomic E-state index is 0.161. The minimum Gasteiger partial charge on any atom is -0.357 e. The van der Waals surface area contributed by atoms with E-state index in [1.165, 1.54) is 17.7 Å². The van der Waals surface area contributed by atoms with Gasteiger partial charge in [-0.3, -0.25) is 4.79 Å². The monoisotopic (exact) mass is 494 g/mol. The van der Waals surface area contributed by atoms with Crippen LogP contribution < -0.4 is 10.5 Å². The molecular weight excluding hydrogens is 467 g/mol. The predicted molar refractivity (Wildman–Crippen MR) is 141 cm³/mol. The molecule has 0 unspecified atom stereocenters. The predicted octanol–water partition coefficient (Wildman–Crippen LogP) is 4.86. The lowest BCUT2D eigenvalue weighted by atomic mass is 9.95. The normalized spacial score (nSPS) is 14.1. The number of H-pyrrole nitrogens is 1. The zero-order valence-corrected chi connectivity index (χ0v) is 20.8. The van der Waals surface area contributed by atoms with Gasteiger partial charge in [0, 0.05) is 17.8 Å². The molecule has 3 heterocycles. The Morgan fingerprint density at radius 2 is 1.86 bits per heavy atom. The zero-order chi connectivity index (χ0) is 25.5. The van der Waals surface area contributed by atoms with Crippen LogP contribution >= 0.6 is 0 Å². The number of aromatic amines is 1. The third kappa shape index (κ3) is 4.18. The molecule has 0 saturated heterocycles. The van der Waals surface area contributed by atoms with Crippen LogP contribution in [0.1, 0.15) is 46.1 Å². The Hall–Kier alpha value is -4.33. The fourth-order valence-corrected chi connectivity index (χ4v) is 5.30. The Kier molecular flexibility index (Phi) is 5.79. The van der Waals surface area contributed by atoms with Gasteiger partial charge < -0.3 is 9.88 Å². The lowest BCUT2D eigenvalue weighted by Gasteiger charge is -2.37. The van der Waals surface area contributed by atoms with Crippen molar-refractivity contribution in [2.24, 2.45) is 0 Å². The van der Waals surface area contributed by atoms with Crippen LogP contribution in [-0.4, -0.2) is 31.7 Å². The van der Waals surface area contributed by atoms with Crippen molar-refractivity contribution in [1.29, 1.82) is 0 Å². The second-order valence-electron chi connectivity index (χ2n) is 9.67. The summed E-state index contributed by atoms with van der Waals surface area (Å²) in [5.74, 6) is 0.270. The number of nitrogens with one attached hydrogen (secondary N) is 1. The molecule has 2 aromatic heterocycles. The molecule has 5 aromatic rings. The number of hydrogen-bond acceptors (Lipinski definition) is 5. The Balaban J connectivity index is 1.54. The molecule has 0 saturated carbocycles. The Morgan fingerprint density at radius 1 is 1.05 bits per heavy atom. The van der Waals surface area contributed by atoms with Crippen molar-refractivity contribution in [2.75, 3.05) is 11.4 Å². The van der Waals surface area contributed by atoms with E-state index in [0.717, 1.165) is 52.7 Å². The van der Waals surface area contributed by atoms with E-state index in [4.69, 9.17) is 0 Å². The molecule has 1 aliphatic rings. The van der Waals surface area contributed by atoms with E-state index in [-0.39, 0.29) is 11.4 Å². The van der Waals surface area contributed by atoms with Crippen molar-refractivity contribution >= 4 is 16.6 Å². The highest BCUT2D eigenvalue weighted by atomic mass is 19.1. The van der Waals surface area contributed by atoms with E-state index in [1.54, 1.807) is 16.8 Å². The highest BCUT2D eigenvalue weighted by molar-refractivity contribution is 5.83. The first-order chi connectivity index (χ1) is 18.0. The summed E-state index contributed by atoms with van der Waals surface area (Å²) >= 11 is 0. The summed E-state index contributed by atoms with van der Waals surface area (Å²) in [6.45, 7) is 5.18. The molecule has 0 fully saturated rings. The summed E-state index contributed by atoms with van der Waals surface area (Å²) in [4.78, 5) is 19.1. The van der Waals surface area contributed by atoms with Crippen LogP contribution in [0.3, 0.4) is 0 Å². The van der Waals surface area contributed by atoms with E-state index < -0.39 is 6.04 Å². The molecule has 0 radical (unpaired) electrons. The van der Waals surface area contributed by atoms with Crippen LogP contribution in [-0.2, 0) is 13.0 Å². The lowest BCUT2D eigenvalue weighted by molar-refractivity contribution is 0.554. The number of fused-ring (bicyclic) bond motifs is 2. The fourth-order valence-electron chi connectivity index (χ4n) is 5.30. The van der Waals surface area contributed by atoms with E-state index in [9.17, 15) is 9.18 Å². The van der Waals surface area contributed by atoms with E-state index >= 15 is 0 Å². The van der Waals surface area contributed by atoms with Crippen LogP contribution in [0.5, 0.6) is 0 Å². The maximum absolute atomic E-state index is 13.7. The fraction of sp³-hybridized carbons (Fsp3) is 0.241. The van der Waals surface area contributed by atoms with E-state index in [1.807, 2.05) is 38.1 Å². The molecule has 1 aliphatic heterocycles. The van der Waals surface area contributed by atoms with Crippen molar-refractivity contribution < 1.29 is 4.39 Å². The summed E-state index contributed by atoms with van der Waals surface area (Å²) in [7, 11) is 0. The van der Waals surface area contributed by atoms with Crippen molar-refractivity contribution in [3.63, 3.8) is 0 Å². The van der Waals surface area contributed by atoms with Crippen LogP contribution in [0.15, 0.2) is 71.5 Å². The number of anilines is 1. The Labute approximate surface area is 213 Å². The van der Waals surface area contributed by atoms with Crippen molar-refractivity contribution in [1.82, 2.24) is 25.2 Å². The van der Waals surface area contributed by atoms with Gasteiger partial charge >= 0.3 is 0 Å². The van der Waals surface area contributed by atoms with E-state index in [0.29, 0.717) is 17.9 Å². The molecule has 186 valence electrons. The molecule has 7 nitrogen and oxygen atoms in total. The summed E-state index contributed by atoms with van der Waals surface area (Å²) in [5, 5.41) is 13.7. The van der Waals surface area contributed by atoms with Crippen molar-refractivity contribution in [3.8, 4) is 0 Å². The number of rotatable bonds is 5. The molecule has 0 bridgehead atoms. The SMILES string of the molecule is Cc1ccc2cc([C@@H](c3nnnn3Cc3ccc(F)cc3)N3CCCc4ccccc43)c(=O)[nH]c2c1C. The number of halogens is 1. The average Bonchev–Trinajstić information content (AvgIpc) is 3.36. The van der Waals surface area contributed by atoms with Crippen LogP contribution in [0.2, 0.25) is 0 Å². The summed E-state index contributed by atoms with van der Waals surface area (Å²) in [6.07, 6.45) is 1.93. The van der Waals surface area contributed by atoms with Crippen LogP contribution in [0.25, 0.3) is 10.9 Å². The highest BCUT2D eigenvalue weighted by Crippen LogP contribution is 2.37. The molecule has 0 spiro atoms. The molecule has 0 aliphatic carbocycles. The Morgan fingerprint density at radius 3 is 2.70 bits per heavy atom. The maximum Gasteiger partial charge on any atom is 0.254 e. The van der Waals surface area contributed by atoms with Crippen LogP contribution in [0.4, 0.5) is 10.1 Å². The van der Waals surface area contributed by atoms with Gasteiger partial charge in [0.05, 0.1) is 12.1 Å². The second kappa shape index (κ2) is 9.28. The molecule has 6 rings (SSSR count). The van der Waals surface area contributed by atoms with Gasteiger partial charge in [0.25, 0.3) is 5.56 Å². The van der Waals surface area contributed by atoms with Gasteiger partial charge in [-0.05, 0) is 89.0 Å². The summed E-state index contributed by atoms with van der Waals surface area (Å²) < 4.78 is 15.2.